The van der Waals surface area contributed by atoms with Crippen LogP contribution < -0.4 is 4.72 Å². The fourth-order valence-electron chi connectivity index (χ4n) is 2.43. The Hall–Kier alpha value is -2.41. The smallest absolute Gasteiger partial charge is 0.266 e. The Morgan fingerprint density at radius 2 is 1.65 bits per heavy atom. The molecule has 31 heavy (non-hydrogen) atoms. The first kappa shape index (κ1) is 23.3. The number of hydrogen-bond acceptors (Lipinski definition) is 5. The number of nitrogens with zero attached hydrogens (tertiary/aromatic N) is 3. The standard InChI is InChI=1S/C16H7Cl3F4N4O3S/c17-7-2-4-12(9(19)5-7)31(29,30)25-15(28)13-14(16(21,22)23)27(26-24-13)11-3-1-8(18)6-10(11)20/h1-6H,(H,25,28). The van der Waals surface area contributed by atoms with E-state index in [1.165, 1.54) is 4.72 Å². The zero-order valence-corrected chi connectivity index (χ0v) is 17.7. The molecule has 1 aromatic heterocycles. The van der Waals surface area contributed by atoms with Crippen molar-refractivity contribution in [1.29, 1.82) is 0 Å². The predicted molar refractivity (Wildman–Crippen MR) is 102 cm³/mol. The van der Waals surface area contributed by atoms with Gasteiger partial charge in [-0.25, -0.2) is 22.2 Å². The van der Waals surface area contributed by atoms with Crippen molar-refractivity contribution in [2.75, 3.05) is 0 Å². The lowest BCUT2D eigenvalue weighted by molar-refractivity contribution is -0.143. The van der Waals surface area contributed by atoms with Gasteiger partial charge in [0, 0.05) is 10.0 Å². The van der Waals surface area contributed by atoms with E-state index in [-0.39, 0.29) is 19.7 Å². The van der Waals surface area contributed by atoms with Crippen LogP contribution in [-0.4, -0.2) is 29.3 Å². The third kappa shape index (κ3) is 4.76. The molecule has 1 amide bonds. The summed E-state index contributed by atoms with van der Waals surface area (Å²) in [4.78, 5) is 11.8. The molecule has 7 nitrogen and oxygen atoms in total. The lowest BCUT2D eigenvalue weighted by Gasteiger charge is -2.12. The van der Waals surface area contributed by atoms with E-state index in [9.17, 15) is 30.8 Å². The number of aromatic nitrogens is 3. The van der Waals surface area contributed by atoms with Crippen LogP contribution in [0.5, 0.6) is 0 Å². The lowest BCUT2D eigenvalue weighted by atomic mass is 10.2. The topological polar surface area (TPSA) is 93.9 Å². The predicted octanol–water partition coefficient (Wildman–Crippen LogP) is 4.50. The highest BCUT2D eigenvalue weighted by atomic mass is 35.5. The number of rotatable bonds is 4. The summed E-state index contributed by atoms with van der Waals surface area (Å²) < 4.78 is 81.3. The molecule has 0 bridgehead atoms. The number of carbonyl (C=O) groups excluding carboxylic acids is 1. The molecule has 0 aliphatic rings. The molecule has 0 fully saturated rings. The molecule has 15 heteroatoms. The molecular formula is C16H7Cl3F4N4O3S. The molecule has 164 valence electrons. The minimum atomic E-state index is -5.26. The summed E-state index contributed by atoms with van der Waals surface area (Å²) in [5.41, 5.74) is -3.92. The second-order valence-corrected chi connectivity index (χ2v) is 8.73. The quantitative estimate of drug-likeness (QED) is 0.514. The molecule has 1 heterocycles. The third-order valence-corrected chi connectivity index (χ3v) is 5.99. The molecule has 0 saturated heterocycles. The summed E-state index contributed by atoms with van der Waals surface area (Å²) in [5, 5.41) is 5.87. The summed E-state index contributed by atoms with van der Waals surface area (Å²) in [5.74, 6) is -2.95. The molecule has 2 aromatic carbocycles. The number of carbonyl (C=O) groups is 1. The average Bonchev–Trinajstić information content (AvgIpc) is 3.06. The first-order valence-electron chi connectivity index (χ1n) is 7.82. The number of amides is 1. The van der Waals surface area contributed by atoms with Crippen molar-refractivity contribution in [3.63, 3.8) is 0 Å². The van der Waals surface area contributed by atoms with Crippen LogP contribution in [0.3, 0.4) is 0 Å². The van der Waals surface area contributed by atoms with Gasteiger partial charge < -0.3 is 0 Å². The van der Waals surface area contributed by atoms with Gasteiger partial charge >= 0.3 is 6.18 Å². The molecule has 0 unspecified atom stereocenters. The molecule has 3 rings (SSSR count). The molecule has 0 aliphatic carbocycles. The van der Waals surface area contributed by atoms with Gasteiger partial charge in [-0.3, -0.25) is 4.79 Å². The van der Waals surface area contributed by atoms with Gasteiger partial charge in [0.15, 0.2) is 11.4 Å². The minimum Gasteiger partial charge on any atom is -0.266 e. The molecule has 0 aliphatic heterocycles. The summed E-state index contributed by atoms with van der Waals surface area (Å²) in [6, 6.07) is 5.86. The Kier molecular flexibility index (Phi) is 6.20. The molecule has 0 saturated carbocycles. The highest BCUT2D eigenvalue weighted by Crippen LogP contribution is 2.34. The number of hydrogen-bond donors (Lipinski definition) is 1. The number of halogens is 7. The lowest BCUT2D eigenvalue weighted by Crippen LogP contribution is -2.33. The Bertz CT molecular complexity index is 1300. The van der Waals surface area contributed by atoms with Crippen molar-refractivity contribution in [2.45, 2.75) is 11.1 Å². The van der Waals surface area contributed by atoms with Crippen molar-refractivity contribution in [2.24, 2.45) is 0 Å². The van der Waals surface area contributed by atoms with Gasteiger partial charge in [0.2, 0.25) is 0 Å². The van der Waals surface area contributed by atoms with E-state index in [1.54, 1.807) is 0 Å². The van der Waals surface area contributed by atoms with Crippen LogP contribution in [0.2, 0.25) is 15.1 Å². The van der Waals surface area contributed by atoms with Crippen LogP contribution in [0.25, 0.3) is 5.69 Å². The highest BCUT2D eigenvalue weighted by molar-refractivity contribution is 7.90. The van der Waals surface area contributed by atoms with Gasteiger partial charge in [0.1, 0.15) is 16.4 Å². The van der Waals surface area contributed by atoms with E-state index in [0.29, 0.717) is 0 Å². The SMILES string of the molecule is O=C(NS(=O)(=O)c1ccc(Cl)cc1Cl)c1nnn(-c2ccc(Cl)cc2F)c1C(F)(F)F. The molecule has 3 aromatic rings. The average molecular weight is 518 g/mol. The number of sulfonamides is 1. The largest absolute Gasteiger partial charge is 0.435 e. The molecule has 1 N–H and O–H groups in total. The number of benzene rings is 2. The minimum absolute atomic E-state index is 0.0163. The van der Waals surface area contributed by atoms with Gasteiger partial charge in [-0.15, -0.1) is 5.10 Å². The maximum atomic E-state index is 14.1. The molecule has 0 radical (unpaired) electrons. The fourth-order valence-corrected chi connectivity index (χ4v) is 4.31. The van der Waals surface area contributed by atoms with Gasteiger partial charge in [-0.2, -0.15) is 13.2 Å². The van der Waals surface area contributed by atoms with Crippen molar-refractivity contribution < 1.29 is 30.8 Å². The summed E-state index contributed by atoms with van der Waals surface area (Å²) in [7, 11) is -4.71. The Labute approximate surface area is 186 Å². The maximum absolute atomic E-state index is 14.1. The first-order chi connectivity index (χ1) is 14.3. The first-order valence-corrected chi connectivity index (χ1v) is 10.4. The van der Waals surface area contributed by atoms with E-state index in [4.69, 9.17) is 34.8 Å². The van der Waals surface area contributed by atoms with Crippen molar-refractivity contribution in [3.8, 4) is 5.69 Å². The van der Waals surface area contributed by atoms with Crippen molar-refractivity contribution in [3.05, 3.63) is 68.7 Å². The van der Waals surface area contributed by atoms with Crippen LogP contribution in [0.1, 0.15) is 16.2 Å². The molecule has 0 atom stereocenters. The molecule has 0 spiro atoms. The second-order valence-electron chi connectivity index (χ2n) is 5.80. The maximum Gasteiger partial charge on any atom is 0.435 e. The Balaban J connectivity index is 2.07. The fraction of sp³-hybridized carbons (Fsp3) is 0.0625. The normalized spacial score (nSPS) is 12.1. The number of alkyl halides is 3. The monoisotopic (exact) mass is 516 g/mol. The Morgan fingerprint density at radius 1 is 1.03 bits per heavy atom. The number of nitrogens with one attached hydrogen (secondary N) is 1. The van der Waals surface area contributed by atoms with Gasteiger partial charge in [-0.1, -0.05) is 40.0 Å². The van der Waals surface area contributed by atoms with E-state index >= 15 is 0 Å². The summed E-state index contributed by atoms with van der Waals surface area (Å²) in [6.45, 7) is 0. The van der Waals surface area contributed by atoms with E-state index < -0.39 is 49.9 Å². The van der Waals surface area contributed by atoms with Crippen molar-refractivity contribution >= 4 is 50.7 Å². The van der Waals surface area contributed by atoms with E-state index in [0.717, 1.165) is 36.4 Å². The zero-order chi connectivity index (χ0) is 23.1. The van der Waals surface area contributed by atoms with Crippen LogP contribution in [0.15, 0.2) is 41.3 Å². The Morgan fingerprint density at radius 3 is 2.23 bits per heavy atom. The van der Waals surface area contributed by atoms with Crippen LogP contribution in [-0.2, 0) is 16.2 Å². The van der Waals surface area contributed by atoms with E-state index in [1.807, 2.05) is 0 Å². The van der Waals surface area contributed by atoms with Crippen LogP contribution >= 0.6 is 34.8 Å². The van der Waals surface area contributed by atoms with Gasteiger partial charge in [0.25, 0.3) is 15.9 Å². The van der Waals surface area contributed by atoms with Crippen LogP contribution in [0.4, 0.5) is 17.6 Å². The zero-order valence-electron chi connectivity index (χ0n) is 14.6. The third-order valence-electron chi connectivity index (χ3n) is 3.70. The van der Waals surface area contributed by atoms with Gasteiger partial charge in [-0.05, 0) is 36.4 Å². The van der Waals surface area contributed by atoms with Crippen molar-refractivity contribution in [1.82, 2.24) is 19.7 Å². The van der Waals surface area contributed by atoms with Gasteiger partial charge in [0.05, 0.1) is 5.02 Å². The summed E-state index contributed by atoms with van der Waals surface area (Å²) >= 11 is 17.0. The molecular weight excluding hydrogens is 511 g/mol. The summed E-state index contributed by atoms with van der Waals surface area (Å²) in [6.07, 6.45) is -5.26. The van der Waals surface area contributed by atoms with Crippen LogP contribution in [0, 0.1) is 5.82 Å². The highest BCUT2D eigenvalue weighted by Gasteiger charge is 2.43. The second kappa shape index (κ2) is 8.26. The van der Waals surface area contributed by atoms with E-state index in [2.05, 4.69) is 10.3 Å².